The SMILES string of the molecule is CC1=C(C(C)(C)[O][Zr])CC=C1. The Morgan fingerprint density at radius 2 is 2.18 bits per heavy atom. The molecule has 0 spiro atoms. The Hall–Kier alpha value is 0.323. The predicted octanol–water partition coefficient (Wildman–Crippen LogP) is 2.52. The molecule has 0 radical (unpaired) electrons. The van der Waals surface area contributed by atoms with Crippen LogP contribution in [0.25, 0.3) is 0 Å². The summed E-state index contributed by atoms with van der Waals surface area (Å²) in [5.41, 5.74) is 2.75. The van der Waals surface area contributed by atoms with Crippen molar-refractivity contribution in [2.75, 3.05) is 0 Å². The van der Waals surface area contributed by atoms with E-state index in [-0.39, 0.29) is 5.60 Å². The van der Waals surface area contributed by atoms with E-state index in [4.69, 9.17) is 2.81 Å². The van der Waals surface area contributed by atoms with Gasteiger partial charge in [0.1, 0.15) is 0 Å². The van der Waals surface area contributed by atoms with Crippen molar-refractivity contribution in [1.82, 2.24) is 0 Å². The molecule has 59 valence electrons. The molecule has 0 aliphatic heterocycles. The second-order valence-corrected chi connectivity index (χ2v) is 3.88. The quantitative estimate of drug-likeness (QED) is 0.706. The Morgan fingerprint density at radius 1 is 1.55 bits per heavy atom. The van der Waals surface area contributed by atoms with E-state index in [2.05, 4.69) is 32.9 Å². The molecule has 0 heterocycles. The summed E-state index contributed by atoms with van der Waals surface area (Å²) < 4.78 is 5.48. The monoisotopic (exact) mass is 227 g/mol. The maximum atomic E-state index is 5.48. The molecule has 0 atom stereocenters. The third kappa shape index (κ3) is 1.92. The van der Waals surface area contributed by atoms with Gasteiger partial charge in [-0.2, -0.15) is 0 Å². The third-order valence-corrected chi connectivity index (χ3v) is 3.40. The van der Waals surface area contributed by atoms with Gasteiger partial charge in [0.05, 0.1) is 0 Å². The van der Waals surface area contributed by atoms with Gasteiger partial charge in [-0.15, -0.1) is 0 Å². The van der Waals surface area contributed by atoms with Crippen LogP contribution in [0.1, 0.15) is 27.2 Å². The summed E-state index contributed by atoms with van der Waals surface area (Å²) in [6.07, 6.45) is 5.43. The third-order valence-electron chi connectivity index (χ3n) is 2.15. The van der Waals surface area contributed by atoms with Crippen molar-refractivity contribution < 1.29 is 28.0 Å². The van der Waals surface area contributed by atoms with Crippen molar-refractivity contribution in [1.29, 1.82) is 0 Å². The van der Waals surface area contributed by atoms with Crippen LogP contribution in [0.2, 0.25) is 0 Å². The van der Waals surface area contributed by atoms with Crippen LogP contribution >= 0.6 is 0 Å². The van der Waals surface area contributed by atoms with Crippen molar-refractivity contribution in [3.8, 4) is 0 Å². The van der Waals surface area contributed by atoms with Gasteiger partial charge in [0.25, 0.3) is 0 Å². The Bertz CT molecular complexity index is 214. The first kappa shape index (κ1) is 9.41. The Balaban J connectivity index is 2.85. The van der Waals surface area contributed by atoms with Crippen LogP contribution in [0.3, 0.4) is 0 Å². The summed E-state index contributed by atoms with van der Waals surface area (Å²) in [7, 11) is 0. The van der Waals surface area contributed by atoms with E-state index in [1.165, 1.54) is 11.1 Å². The van der Waals surface area contributed by atoms with Crippen LogP contribution in [0.4, 0.5) is 0 Å². The summed E-state index contributed by atoms with van der Waals surface area (Å²) in [5, 5.41) is 0. The molecule has 0 saturated carbocycles. The molecule has 0 aromatic heterocycles. The normalized spacial score (nSPS) is 18.0. The molecule has 2 heteroatoms. The molecule has 1 nitrogen and oxygen atoms in total. The van der Waals surface area contributed by atoms with Gasteiger partial charge in [0.15, 0.2) is 0 Å². The summed E-state index contributed by atoms with van der Waals surface area (Å²) in [6, 6.07) is 0. The molecule has 0 saturated heterocycles. The van der Waals surface area contributed by atoms with Gasteiger partial charge in [-0.3, -0.25) is 0 Å². The van der Waals surface area contributed by atoms with Crippen molar-refractivity contribution >= 4 is 0 Å². The van der Waals surface area contributed by atoms with Gasteiger partial charge < -0.3 is 0 Å². The summed E-state index contributed by atoms with van der Waals surface area (Å²) in [6.45, 7) is 6.41. The van der Waals surface area contributed by atoms with E-state index in [1.54, 1.807) is 0 Å². The molecule has 0 fully saturated rings. The van der Waals surface area contributed by atoms with E-state index in [0.29, 0.717) is 0 Å². The fraction of sp³-hybridized carbons (Fsp3) is 0.556. The van der Waals surface area contributed by atoms with E-state index in [0.717, 1.165) is 31.6 Å². The molecule has 1 aliphatic rings. The minimum atomic E-state index is -0.0497. The molecule has 0 unspecified atom stereocenters. The second kappa shape index (κ2) is 3.37. The molecule has 0 amide bonds. The van der Waals surface area contributed by atoms with Crippen LogP contribution < -0.4 is 0 Å². The van der Waals surface area contributed by atoms with Gasteiger partial charge in [0, 0.05) is 0 Å². The van der Waals surface area contributed by atoms with Crippen LogP contribution in [-0.2, 0) is 28.0 Å². The fourth-order valence-corrected chi connectivity index (χ4v) is 1.70. The molecule has 0 N–H and O–H groups in total. The van der Waals surface area contributed by atoms with Crippen LogP contribution in [0.5, 0.6) is 0 Å². The van der Waals surface area contributed by atoms with Crippen molar-refractivity contribution in [2.24, 2.45) is 0 Å². The number of hydrogen-bond acceptors (Lipinski definition) is 1. The number of allylic oxidation sites excluding steroid dienone is 3. The molecular weight excluding hydrogens is 215 g/mol. The van der Waals surface area contributed by atoms with Gasteiger partial charge in [-0.25, -0.2) is 0 Å². The first-order chi connectivity index (χ1) is 5.08. The zero-order valence-electron chi connectivity index (χ0n) is 7.27. The van der Waals surface area contributed by atoms with E-state index >= 15 is 0 Å². The molecule has 1 rings (SSSR count). The summed E-state index contributed by atoms with van der Waals surface area (Å²) in [5.74, 6) is 0. The second-order valence-electron chi connectivity index (χ2n) is 3.38. The fourth-order valence-electron chi connectivity index (χ4n) is 1.40. The molecule has 0 bridgehead atoms. The minimum absolute atomic E-state index is 0.0497. The average molecular weight is 228 g/mol. The van der Waals surface area contributed by atoms with Gasteiger partial charge in [-0.1, -0.05) is 0 Å². The molecule has 1 aliphatic carbocycles. The summed E-state index contributed by atoms with van der Waals surface area (Å²) in [4.78, 5) is 0. The zero-order chi connectivity index (χ0) is 8.48. The number of rotatable bonds is 2. The van der Waals surface area contributed by atoms with Crippen molar-refractivity contribution in [3.63, 3.8) is 0 Å². The first-order valence-electron chi connectivity index (χ1n) is 3.79. The van der Waals surface area contributed by atoms with Crippen LogP contribution in [0, 0.1) is 0 Å². The van der Waals surface area contributed by atoms with E-state index < -0.39 is 0 Å². The average Bonchev–Trinajstić information content (AvgIpc) is 2.36. The Kier molecular flexibility index (Phi) is 2.88. The van der Waals surface area contributed by atoms with Gasteiger partial charge >= 0.3 is 84.1 Å². The first-order valence-corrected chi connectivity index (χ1v) is 4.80. The van der Waals surface area contributed by atoms with Crippen LogP contribution in [-0.4, -0.2) is 5.60 Å². The van der Waals surface area contributed by atoms with Gasteiger partial charge in [0.2, 0.25) is 0 Å². The van der Waals surface area contributed by atoms with Gasteiger partial charge in [-0.05, 0) is 0 Å². The topological polar surface area (TPSA) is 9.23 Å². The summed E-state index contributed by atoms with van der Waals surface area (Å²) >= 11 is 1.15. The molecule has 0 aromatic carbocycles. The Morgan fingerprint density at radius 3 is 2.55 bits per heavy atom. The standard InChI is InChI=1S/C9H13O.Zr/c1-7-5-4-6-8(7)9(2,3)10;/h4-5H,6H2,1-3H3;/q-1;+1. The van der Waals surface area contributed by atoms with E-state index in [9.17, 15) is 0 Å². The molecular formula is C9H13OZr. The molecule has 11 heavy (non-hydrogen) atoms. The van der Waals surface area contributed by atoms with E-state index in [1.807, 2.05) is 0 Å². The molecule has 0 aromatic rings. The predicted molar refractivity (Wildman–Crippen MR) is 41.6 cm³/mol. The van der Waals surface area contributed by atoms with Crippen LogP contribution in [0.15, 0.2) is 23.3 Å². The van der Waals surface area contributed by atoms with Crippen molar-refractivity contribution in [2.45, 2.75) is 32.8 Å². The van der Waals surface area contributed by atoms with Crippen molar-refractivity contribution in [3.05, 3.63) is 23.3 Å². The Labute approximate surface area is 84.0 Å². The zero-order valence-corrected chi connectivity index (χ0v) is 9.73. The number of hydrogen-bond donors (Lipinski definition) is 0. The maximum absolute atomic E-state index is 5.48.